The van der Waals surface area contributed by atoms with E-state index in [1.807, 2.05) is 24.8 Å². The van der Waals surface area contributed by atoms with Gasteiger partial charge in [0.2, 0.25) is 10.0 Å². The molecule has 1 saturated heterocycles. The van der Waals surface area contributed by atoms with Crippen LogP contribution < -0.4 is 0 Å². The van der Waals surface area contributed by atoms with Crippen molar-refractivity contribution in [3.8, 4) is 0 Å². The van der Waals surface area contributed by atoms with E-state index in [4.69, 9.17) is 0 Å². The summed E-state index contributed by atoms with van der Waals surface area (Å²) in [5.41, 5.74) is 1.01. The Labute approximate surface area is 135 Å². The summed E-state index contributed by atoms with van der Waals surface area (Å²) >= 11 is 8.58. The molecule has 2 rings (SSSR count). The summed E-state index contributed by atoms with van der Waals surface area (Å²) in [5.74, 6) is 0.852. The van der Waals surface area contributed by atoms with E-state index in [0.717, 1.165) is 15.8 Å². The van der Waals surface area contributed by atoms with E-state index >= 15 is 0 Å². The SMILES string of the molecule is Cc1cc(Br)c(S(=O)(=O)N2CCSC(C)C2)cc1Br. The van der Waals surface area contributed by atoms with Crippen molar-refractivity contribution in [1.29, 1.82) is 0 Å². The van der Waals surface area contributed by atoms with Gasteiger partial charge in [0.25, 0.3) is 0 Å². The standard InChI is InChI=1S/C12H15Br2NO2S2/c1-8-5-11(14)12(6-10(8)13)19(16,17)15-3-4-18-9(2)7-15/h5-6,9H,3-4,7H2,1-2H3. The normalized spacial score (nSPS) is 21.6. The van der Waals surface area contributed by atoms with Crippen molar-refractivity contribution in [2.24, 2.45) is 0 Å². The van der Waals surface area contributed by atoms with Crippen LogP contribution in [-0.4, -0.2) is 36.8 Å². The average Bonchev–Trinajstić information content (AvgIpc) is 2.33. The lowest BCUT2D eigenvalue weighted by atomic mass is 10.2. The Balaban J connectivity index is 2.42. The van der Waals surface area contributed by atoms with Crippen molar-refractivity contribution < 1.29 is 8.42 Å². The number of hydrogen-bond acceptors (Lipinski definition) is 3. The lowest BCUT2D eigenvalue weighted by Crippen LogP contribution is -2.41. The lowest BCUT2D eigenvalue weighted by Gasteiger charge is -2.30. The van der Waals surface area contributed by atoms with Gasteiger partial charge in [-0.15, -0.1) is 0 Å². The van der Waals surface area contributed by atoms with Gasteiger partial charge in [0, 0.05) is 33.0 Å². The molecule has 1 atom stereocenters. The topological polar surface area (TPSA) is 37.4 Å². The molecule has 0 bridgehead atoms. The van der Waals surface area contributed by atoms with Crippen molar-refractivity contribution in [2.45, 2.75) is 24.0 Å². The van der Waals surface area contributed by atoms with Crippen molar-refractivity contribution >= 4 is 53.6 Å². The zero-order chi connectivity index (χ0) is 14.2. The van der Waals surface area contributed by atoms with Gasteiger partial charge in [-0.05, 0) is 40.5 Å². The minimum Gasteiger partial charge on any atom is -0.207 e. The molecule has 0 amide bonds. The summed E-state index contributed by atoms with van der Waals surface area (Å²) < 4.78 is 28.4. The Morgan fingerprint density at radius 2 is 2.00 bits per heavy atom. The molecule has 1 fully saturated rings. The molecule has 1 heterocycles. The number of hydrogen-bond donors (Lipinski definition) is 0. The van der Waals surface area contributed by atoms with Crippen molar-refractivity contribution in [3.05, 3.63) is 26.6 Å². The maximum absolute atomic E-state index is 12.7. The second-order valence-electron chi connectivity index (χ2n) is 4.58. The highest BCUT2D eigenvalue weighted by atomic mass is 79.9. The number of sulfonamides is 1. The van der Waals surface area contributed by atoms with E-state index in [9.17, 15) is 8.42 Å². The molecule has 1 aliphatic heterocycles. The van der Waals surface area contributed by atoms with Crippen molar-refractivity contribution in [3.63, 3.8) is 0 Å². The van der Waals surface area contributed by atoms with Gasteiger partial charge in [-0.1, -0.05) is 22.9 Å². The first-order valence-corrected chi connectivity index (χ1v) is 9.97. The van der Waals surface area contributed by atoms with E-state index in [1.165, 1.54) is 0 Å². The monoisotopic (exact) mass is 427 g/mol. The number of rotatable bonds is 2. The number of halogens is 2. The maximum Gasteiger partial charge on any atom is 0.244 e. The highest BCUT2D eigenvalue weighted by Gasteiger charge is 2.30. The molecule has 1 unspecified atom stereocenters. The largest absolute Gasteiger partial charge is 0.244 e. The summed E-state index contributed by atoms with van der Waals surface area (Å²) in [6.07, 6.45) is 0. The molecule has 1 aliphatic rings. The fraction of sp³-hybridized carbons (Fsp3) is 0.500. The molecule has 0 spiro atoms. The number of benzene rings is 1. The van der Waals surface area contributed by atoms with Gasteiger partial charge in [0.05, 0.1) is 4.90 Å². The number of thioether (sulfide) groups is 1. The molecule has 3 nitrogen and oxygen atoms in total. The molecule has 0 aliphatic carbocycles. The molecule has 1 aromatic carbocycles. The van der Waals surface area contributed by atoms with E-state index in [0.29, 0.717) is 27.7 Å². The molecular weight excluding hydrogens is 414 g/mol. The lowest BCUT2D eigenvalue weighted by molar-refractivity contribution is 0.424. The summed E-state index contributed by atoms with van der Waals surface area (Å²) in [6.45, 7) is 5.15. The number of aryl methyl sites for hydroxylation is 1. The highest BCUT2D eigenvalue weighted by molar-refractivity contribution is 9.11. The van der Waals surface area contributed by atoms with Gasteiger partial charge >= 0.3 is 0 Å². The van der Waals surface area contributed by atoms with Gasteiger partial charge in [-0.25, -0.2) is 8.42 Å². The van der Waals surface area contributed by atoms with Crippen LogP contribution in [-0.2, 0) is 10.0 Å². The predicted molar refractivity (Wildman–Crippen MR) is 87.3 cm³/mol. The Bertz CT molecular complexity index is 590. The first-order chi connectivity index (χ1) is 8.82. The van der Waals surface area contributed by atoms with E-state index in [2.05, 4.69) is 38.8 Å². The molecule has 7 heteroatoms. The second kappa shape index (κ2) is 6.05. The predicted octanol–water partition coefficient (Wildman–Crippen LogP) is 3.65. The number of nitrogens with zero attached hydrogens (tertiary/aromatic N) is 1. The Morgan fingerprint density at radius 1 is 1.32 bits per heavy atom. The Hall–Kier alpha value is 0.440. The fourth-order valence-corrected chi connectivity index (χ4v) is 6.36. The second-order valence-corrected chi connectivity index (χ2v) is 9.74. The van der Waals surface area contributed by atoms with Gasteiger partial charge in [-0.2, -0.15) is 16.1 Å². The van der Waals surface area contributed by atoms with Gasteiger partial charge in [0.1, 0.15) is 0 Å². The van der Waals surface area contributed by atoms with E-state index < -0.39 is 10.0 Å². The van der Waals surface area contributed by atoms with E-state index in [1.54, 1.807) is 10.4 Å². The van der Waals surface area contributed by atoms with Gasteiger partial charge in [-0.3, -0.25) is 0 Å². The highest BCUT2D eigenvalue weighted by Crippen LogP contribution is 2.32. The van der Waals surface area contributed by atoms with E-state index in [-0.39, 0.29) is 0 Å². The smallest absolute Gasteiger partial charge is 0.207 e. The first kappa shape index (κ1) is 15.8. The van der Waals surface area contributed by atoms with Crippen LogP contribution in [0.3, 0.4) is 0 Å². The molecule has 19 heavy (non-hydrogen) atoms. The zero-order valence-corrected chi connectivity index (χ0v) is 15.5. The summed E-state index contributed by atoms with van der Waals surface area (Å²) in [6, 6.07) is 3.51. The molecule has 0 radical (unpaired) electrons. The molecule has 106 valence electrons. The van der Waals surface area contributed by atoms with Crippen LogP contribution in [0.1, 0.15) is 12.5 Å². The third-order valence-corrected chi connectivity index (χ3v) is 7.85. The fourth-order valence-electron chi connectivity index (χ4n) is 1.97. The summed E-state index contributed by atoms with van der Waals surface area (Å²) in [7, 11) is -3.42. The molecule has 1 aromatic rings. The van der Waals surface area contributed by atoms with Crippen LogP contribution in [0.4, 0.5) is 0 Å². The maximum atomic E-state index is 12.7. The van der Waals surface area contributed by atoms with Crippen LogP contribution in [0.15, 0.2) is 26.0 Å². The van der Waals surface area contributed by atoms with Crippen molar-refractivity contribution in [1.82, 2.24) is 4.31 Å². The Kier molecular flexibility index (Phi) is 5.04. The first-order valence-electron chi connectivity index (χ1n) is 5.90. The minimum atomic E-state index is -3.42. The minimum absolute atomic E-state index is 0.337. The summed E-state index contributed by atoms with van der Waals surface area (Å²) in [4.78, 5) is 0.337. The van der Waals surface area contributed by atoms with Crippen LogP contribution >= 0.6 is 43.6 Å². The van der Waals surface area contributed by atoms with Gasteiger partial charge in [0.15, 0.2) is 0 Å². The molecule has 0 saturated carbocycles. The summed E-state index contributed by atoms with van der Waals surface area (Å²) in [5, 5.41) is 0.344. The molecular formula is C12H15Br2NO2S2. The van der Waals surface area contributed by atoms with Crippen LogP contribution in [0.25, 0.3) is 0 Å². The average molecular weight is 429 g/mol. The zero-order valence-electron chi connectivity index (χ0n) is 10.7. The van der Waals surface area contributed by atoms with Crippen LogP contribution in [0.2, 0.25) is 0 Å². The van der Waals surface area contributed by atoms with Crippen molar-refractivity contribution in [2.75, 3.05) is 18.8 Å². The third kappa shape index (κ3) is 3.37. The van der Waals surface area contributed by atoms with Crippen LogP contribution in [0.5, 0.6) is 0 Å². The van der Waals surface area contributed by atoms with Gasteiger partial charge < -0.3 is 0 Å². The Morgan fingerprint density at radius 3 is 2.63 bits per heavy atom. The molecule has 0 N–H and O–H groups in total. The van der Waals surface area contributed by atoms with Crippen LogP contribution in [0, 0.1) is 6.92 Å². The quantitative estimate of drug-likeness (QED) is 0.721. The molecule has 0 aromatic heterocycles. The third-order valence-electron chi connectivity index (χ3n) is 3.03.